The molecule has 0 saturated heterocycles. The minimum atomic E-state index is 0.744. The van der Waals surface area contributed by atoms with Crippen molar-refractivity contribution in [2.24, 2.45) is 11.8 Å². The average molecular weight is 278 g/mol. The lowest BCUT2D eigenvalue weighted by Gasteiger charge is -2.39. The first kappa shape index (κ1) is 13.6. The Morgan fingerprint density at radius 3 is 2.84 bits per heavy atom. The van der Waals surface area contributed by atoms with Crippen LogP contribution >= 0.6 is 11.3 Å². The lowest BCUT2D eigenvalue weighted by atomic mass is 9.69. The van der Waals surface area contributed by atoms with Gasteiger partial charge in [0.1, 0.15) is 5.01 Å². The van der Waals surface area contributed by atoms with Gasteiger partial charge in [0.15, 0.2) is 0 Å². The van der Waals surface area contributed by atoms with Gasteiger partial charge in [0.25, 0.3) is 0 Å². The predicted octanol–water partition coefficient (Wildman–Crippen LogP) is 4.15. The summed E-state index contributed by atoms with van der Waals surface area (Å²) in [7, 11) is 0. The molecule has 3 unspecified atom stereocenters. The third-order valence-corrected chi connectivity index (χ3v) is 6.17. The van der Waals surface area contributed by atoms with Crippen LogP contribution in [0.5, 0.6) is 0 Å². The van der Waals surface area contributed by atoms with Gasteiger partial charge in [-0.1, -0.05) is 32.6 Å². The summed E-state index contributed by atoms with van der Waals surface area (Å²) in [5.74, 6) is 2.07. The van der Waals surface area contributed by atoms with E-state index in [-0.39, 0.29) is 0 Å². The molecular formula is C16H26N2S. The maximum atomic E-state index is 4.51. The van der Waals surface area contributed by atoms with E-state index < -0.39 is 0 Å². The molecule has 1 aromatic rings. The fourth-order valence-corrected chi connectivity index (χ4v) is 4.70. The summed E-state index contributed by atoms with van der Waals surface area (Å²) in [4.78, 5) is 5.92. The van der Waals surface area contributed by atoms with Gasteiger partial charge in [0.2, 0.25) is 0 Å². The van der Waals surface area contributed by atoms with Crippen LogP contribution in [0.25, 0.3) is 0 Å². The van der Waals surface area contributed by atoms with Gasteiger partial charge in [-0.05, 0) is 37.5 Å². The predicted molar refractivity (Wildman–Crippen MR) is 81.4 cm³/mol. The van der Waals surface area contributed by atoms with Crippen molar-refractivity contribution >= 4 is 11.3 Å². The number of nitrogens with one attached hydrogen (secondary N) is 1. The molecule has 0 bridgehead atoms. The smallest absolute Gasteiger partial charge is 0.107 e. The molecule has 106 valence electrons. The van der Waals surface area contributed by atoms with Crippen LogP contribution in [0.2, 0.25) is 0 Å². The molecule has 0 aliphatic heterocycles. The van der Waals surface area contributed by atoms with Crippen LogP contribution in [-0.2, 0) is 13.0 Å². The molecular weight excluding hydrogens is 252 g/mol. The van der Waals surface area contributed by atoms with E-state index in [1.54, 1.807) is 0 Å². The average Bonchev–Trinajstić information content (AvgIpc) is 2.93. The first-order valence-corrected chi connectivity index (χ1v) is 8.83. The number of hydrogen-bond acceptors (Lipinski definition) is 3. The van der Waals surface area contributed by atoms with Gasteiger partial charge in [-0.2, -0.15) is 0 Å². The maximum absolute atomic E-state index is 4.51. The topological polar surface area (TPSA) is 24.9 Å². The molecule has 1 N–H and O–H groups in total. The number of hydrogen-bond donors (Lipinski definition) is 1. The van der Waals surface area contributed by atoms with E-state index in [4.69, 9.17) is 0 Å². The van der Waals surface area contributed by atoms with E-state index in [0.717, 1.165) is 30.8 Å². The molecule has 0 radical (unpaired) electrons. The van der Waals surface area contributed by atoms with Gasteiger partial charge < -0.3 is 5.32 Å². The Labute approximate surface area is 121 Å². The summed E-state index contributed by atoms with van der Waals surface area (Å²) in [6.45, 7) is 3.18. The molecule has 2 aliphatic rings. The van der Waals surface area contributed by atoms with Crippen molar-refractivity contribution in [2.45, 2.75) is 70.9 Å². The third-order valence-electron chi connectivity index (χ3n) is 5.03. The van der Waals surface area contributed by atoms with Crippen molar-refractivity contribution in [3.8, 4) is 0 Å². The Kier molecular flexibility index (Phi) is 4.54. The number of aromatic nitrogens is 1. The number of nitrogens with zero attached hydrogens (tertiary/aromatic N) is 1. The highest BCUT2D eigenvalue weighted by Gasteiger charge is 2.31. The molecule has 2 aliphatic carbocycles. The maximum Gasteiger partial charge on any atom is 0.107 e. The fourth-order valence-electron chi connectivity index (χ4n) is 3.88. The van der Waals surface area contributed by atoms with E-state index in [1.807, 2.05) is 17.5 Å². The van der Waals surface area contributed by atoms with Gasteiger partial charge in [-0.15, -0.1) is 11.3 Å². The van der Waals surface area contributed by atoms with Crippen molar-refractivity contribution in [1.29, 1.82) is 0 Å². The van der Waals surface area contributed by atoms with Gasteiger partial charge in [-0.25, -0.2) is 4.98 Å². The zero-order chi connectivity index (χ0) is 13.1. The van der Waals surface area contributed by atoms with Gasteiger partial charge in [0, 0.05) is 23.7 Å². The van der Waals surface area contributed by atoms with Crippen LogP contribution < -0.4 is 5.32 Å². The Bertz CT molecular complexity index is 401. The normalized spacial score (nSPS) is 31.1. The van der Waals surface area contributed by atoms with Crippen LogP contribution in [-0.4, -0.2) is 11.0 Å². The SMILES string of the molecule is CCc1cnc(CNC2CCC3CCCCC3C2)s1. The van der Waals surface area contributed by atoms with Crippen molar-refractivity contribution in [3.63, 3.8) is 0 Å². The van der Waals surface area contributed by atoms with Crippen molar-refractivity contribution in [3.05, 3.63) is 16.1 Å². The highest BCUT2D eigenvalue weighted by molar-refractivity contribution is 7.11. The van der Waals surface area contributed by atoms with E-state index >= 15 is 0 Å². The van der Waals surface area contributed by atoms with E-state index in [9.17, 15) is 0 Å². The molecule has 0 spiro atoms. The van der Waals surface area contributed by atoms with E-state index in [0.29, 0.717) is 0 Å². The van der Waals surface area contributed by atoms with Crippen LogP contribution in [0, 0.1) is 11.8 Å². The summed E-state index contributed by atoms with van der Waals surface area (Å²) >= 11 is 1.87. The van der Waals surface area contributed by atoms with Gasteiger partial charge in [-0.3, -0.25) is 0 Å². The van der Waals surface area contributed by atoms with Crippen molar-refractivity contribution in [1.82, 2.24) is 10.3 Å². The van der Waals surface area contributed by atoms with Crippen LogP contribution in [0.1, 0.15) is 61.8 Å². The second-order valence-corrected chi connectivity index (χ2v) is 7.47. The van der Waals surface area contributed by atoms with Crippen molar-refractivity contribution < 1.29 is 0 Å². The molecule has 0 aromatic carbocycles. The summed E-state index contributed by atoms with van der Waals surface area (Å²) in [6.07, 6.45) is 13.4. The first-order chi connectivity index (χ1) is 9.35. The molecule has 19 heavy (non-hydrogen) atoms. The largest absolute Gasteiger partial charge is 0.308 e. The van der Waals surface area contributed by atoms with E-state index in [1.165, 1.54) is 54.8 Å². The molecule has 0 amide bonds. The summed E-state index contributed by atoms with van der Waals surface area (Å²) in [5.41, 5.74) is 0. The quantitative estimate of drug-likeness (QED) is 0.895. The summed E-state index contributed by atoms with van der Waals surface area (Å²) in [6, 6.07) is 0.744. The Morgan fingerprint density at radius 1 is 1.21 bits per heavy atom. The molecule has 2 fully saturated rings. The van der Waals surface area contributed by atoms with Gasteiger partial charge >= 0.3 is 0 Å². The van der Waals surface area contributed by atoms with Crippen LogP contribution in [0.3, 0.4) is 0 Å². The molecule has 1 heterocycles. The number of rotatable bonds is 4. The number of fused-ring (bicyclic) bond motifs is 1. The molecule has 1 aromatic heterocycles. The van der Waals surface area contributed by atoms with Crippen LogP contribution in [0.4, 0.5) is 0 Å². The summed E-state index contributed by atoms with van der Waals surface area (Å²) in [5, 5.41) is 5.02. The lowest BCUT2D eigenvalue weighted by Crippen LogP contribution is -2.38. The minimum Gasteiger partial charge on any atom is -0.308 e. The highest BCUT2D eigenvalue weighted by atomic mass is 32.1. The first-order valence-electron chi connectivity index (χ1n) is 8.02. The Hall–Kier alpha value is -0.410. The van der Waals surface area contributed by atoms with Crippen molar-refractivity contribution in [2.75, 3.05) is 0 Å². The second-order valence-electron chi connectivity index (χ2n) is 6.27. The standard InChI is InChI=1S/C16H26N2S/c1-2-15-10-18-16(19-15)11-17-14-8-7-12-5-3-4-6-13(12)9-14/h10,12-14,17H,2-9,11H2,1H3. The third kappa shape index (κ3) is 3.38. The Balaban J connectivity index is 1.48. The molecule has 3 rings (SSSR count). The number of aryl methyl sites for hydroxylation is 1. The molecule has 3 heteroatoms. The monoisotopic (exact) mass is 278 g/mol. The van der Waals surface area contributed by atoms with Gasteiger partial charge in [0.05, 0.1) is 0 Å². The number of thiazole rings is 1. The molecule has 2 saturated carbocycles. The second kappa shape index (κ2) is 6.36. The zero-order valence-corrected chi connectivity index (χ0v) is 12.8. The molecule has 2 nitrogen and oxygen atoms in total. The lowest BCUT2D eigenvalue weighted by molar-refractivity contribution is 0.143. The molecule has 3 atom stereocenters. The fraction of sp³-hybridized carbons (Fsp3) is 0.812. The zero-order valence-electron chi connectivity index (χ0n) is 12.0. The summed E-state index contributed by atoms with van der Waals surface area (Å²) < 4.78 is 0. The van der Waals surface area contributed by atoms with E-state index in [2.05, 4.69) is 17.2 Å². The minimum absolute atomic E-state index is 0.744. The Morgan fingerprint density at radius 2 is 2.05 bits per heavy atom. The van der Waals surface area contributed by atoms with Crippen LogP contribution in [0.15, 0.2) is 6.20 Å². The highest BCUT2D eigenvalue weighted by Crippen LogP contribution is 2.40.